The Hall–Kier alpha value is -0.160. The van der Waals surface area contributed by atoms with Crippen LogP contribution >= 0.6 is 0 Å². The maximum absolute atomic E-state index is 8.63. The Labute approximate surface area is 98.4 Å². The molecule has 2 atom stereocenters. The summed E-state index contributed by atoms with van der Waals surface area (Å²) >= 11 is 0. The molecule has 96 valence electrons. The normalized spacial score (nSPS) is 30.4. The summed E-state index contributed by atoms with van der Waals surface area (Å²) in [6.07, 6.45) is 7.40. The Morgan fingerprint density at radius 2 is 1.19 bits per heavy atom. The van der Waals surface area contributed by atoms with Crippen LogP contribution in [0.15, 0.2) is 0 Å². The van der Waals surface area contributed by atoms with E-state index >= 15 is 0 Å². The Morgan fingerprint density at radius 1 is 0.750 bits per heavy atom. The van der Waals surface area contributed by atoms with Crippen LogP contribution in [0.5, 0.6) is 0 Å². The average Bonchev–Trinajstić information content (AvgIpc) is 2.41. The summed E-state index contributed by atoms with van der Waals surface area (Å²) < 4.78 is 0. The highest BCUT2D eigenvalue weighted by atomic mass is 16.3. The van der Waals surface area contributed by atoms with Gasteiger partial charge in [0.05, 0.1) is 13.2 Å². The molecule has 2 saturated heterocycles. The third-order valence-corrected chi connectivity index (χ3v) is 3.27. The number of hydrogen-bond donors (Lipinski definition) is 4. The Bertz CT molecular complexity index is 137. The van der Waals surface area contributed by atoms with Crippen molar-refractivity contribution in [3.63, 3.8) is 0 Å². The van der Waals surface area contributed by atoms with Gasteiger partial charge in [0.15, 0.2) is 0 Å². The van der Waals surface area contributed by atoms with Gasteiger partial charge in [-0.2, -0.15) is 0 Å². The number of aliphatic hydroxyl groups is 2. The van der Waals surface area contributed by atoms with E-state index in [9.17, 15) is 0 Å². The number of nitrogens with one attached hydrogen (secondary N) is 2. The molecule has 2 fully saturated rings. The standard InChI is InChI=1S/2C6H13NO/c2*8-5-6-3-1-2-4-7-6/h2*6-8H,1-5H2. The summed E-state index contributed by atoms with van der Waals surface area (Å²) in [6.45, 7) is 2.79. The highest BCUT2D eigenvalue weighted by Gasteiger charge is 2.09. The van der Waals surface area contributed by atoms with Crippen molar-refractivity contribution in [2.24, 2.45) is 0 Å². The fraction of sp³-hybridized carbons (Fsp3) is 1.00. The molecule has 4 nitrogen and oxygen atoms in total. The smallest absolute Gasteiger partial charge is 0.0584 e. The van der Waals surface area contributed by atoms with Crippen LogP contribution in [0.1, 0.15) is 38.5 Å². The van der Waals surface area contributed by atoms with Gasteiger partial charge in [-0.1, -0.05) is 12.8 Å². The first-order valence-electron chi connectivity index (χ1n) is 6.55. The highest BCUT2D eigenvalue weighted by molar-refractivity contribution is 4.70. The molecule has 0 radical (unpaired) electrons. The first-order chi connectivity index (χ1) is 7.86. The van der Waals surface area contributed by atoms with Crippen LogP contribution in [0.3, 0.4) is 0 Å². The van der Waals surface area contributed by atoms with E-state index in [1.807, 2.05) is 0 Å². The van der Waals surface area contributed by atoms with Gasteiger partial charge in [0, 0.05) is 12.1 Å². The highest BCUT2D eigenvalue weighted by Crippen LogP contribution is 2.05. The molecule has 0 aromatic heterocycles. The summed E-state index contributed by atoms with van der Waals surface area (Å²) in [6, 6.07) is 0.785. The van der Waals surface area contributed by atoms with Gasteiger partial charge >= 0.3 is 0 Å². The minimum absolute atomic E-state index is 0.306. The monoisotopic (exact) mass is 230 g/mol. The predicted molar refractivity (Wildman–Crippen MR) is 65.5 cm³/mol. The van der Waals surface area contributed by atoms with Crippen LogP contribution in [0.2, 0.25) is 0 Å². The zero-order valence-electron chi connectivity index (χ0n) is 10.1. The molecule has 4 N–H and O–H groups in total. The van der Waals surface area contributed by atoms with Gasteiger partial charge in [-0.15, -0.1) is 0 Å². The molecule has 2 heterocycles. The van der Waals surface area contributed by atoms with Crippen molar-refractivity contribution in [3.8, 4) is 0 Å². The van der Waals surface area contributed by atoms with Crippen molar-refractivity contribution in [2.45, 2.75) is 50.6 Å². The summed E-state index contributed by atoms with van der Waals surface area (Å²) in [5.74, 6) is 0. The van der Waals surface area contributed by atoms with Crippen LogP contribution in [-0.4, -0.2) is 48.6 Å². The van der Waals surface area contributed by atoms with Crippen LogP contribution in [0.25, 0.3) is 0 Å². The summed E-state index contributed by atoms with van der Waals surface area (Å²) in [4.78, 5) is 0. The SMILES string of the molecule is OCC1CCCCN1.OCC1CCCCN1. The minimum atomic E-state index is 0.306. The van der Waals surface area contributed by atoms with Gasteiger partial charge in [0.1, 0.15) is 0 Å². The molecule has 0 amide bonds. The van der Waals surface area contributed by atoms with Gasteiger partial charge < -0.3 is 20.8 Å². The maximum Gasteiger partial charge on any atom is 0.0584 e. The molecule has 0 saturated carbocycles. The van der Waals surface area contributed by atoms with Crippen molar-refractivity contribution < 1.29 is 10.2 Å². The lowest BCUT2D eigenvalue weighted by Gasteiger charge is -2.20. The van der Waals surface area contributed by atoms with Crippen molar-refractivity contribution in [1.29, 1.82) is 0 Å². The molecule has 2 rings (SSSR count). The van der Waals surface area contributed by atoms with Crippen molar-refractivity contribution in [1.82, 2.24) is 10.6 Å². The summed E-state index contributed by atoms with van der Waals surface area (Å²) in [7, 11) is 0. The zero-order valence-corrected chi connectivity index (χ0v) is 10.1. The lowest BCUT2D eigenvalue weighted by atomic mass is 10.1. The Kier molecular flexibility index (Phi) is 7.76. The van der Waals surface area contributed by atoms with E-state index in [4.69, 9.17) is 10.2 Å². The molecule has 2 unspecified atom stereocenters. The number of rotatable bonds is 2. The molecule has 0 spiro atoms. The fourth-order valence-corrected chi connectivity index (χ4v) is 2.16. The minimum Gasteiger partial charge on any atom is -0.395 e. The molecular weight excluding hydrogens is 204 g/mol. The molecule has 0 aromatic rings. The van der Waals surface area contributed by atoms with Crippen molar-refractivity contribution in [3.05, 3.63) is 0 Å². The second-order valence-corrected chi connectivity index (χ2v) is 4.66. The third-order valence-electron chi connectivity index (χ3n) is 3.27. The van der Waals surface area contributed by atoms with Gasteiger partial charge in [0.2, 0.25) is 0 Å². The van der Waals surface area contributed by atoms with Gasteiger partial charge in [0.25, 0.3) is 0 Å². The van der Waals surface area contributed by atoms with Crippen LogP contribution in [0.4, 0.5) is 0 Å². The second-order valence-electron chi connectivity index (χ2n) is 4.66. The van der Waals surface area contributed by atoms with Crippen LogP contribution in [0, 0.1) is 0 Å². The zero-order chi connectivity index (χ0) is 11.6. The molecule has 0 aromatic carbocycles. The molecule has 4 heteroatoms. The quantitative estimate of drug-likeness (QED) is 0.549. The van der Waals surface area contributed by atoms with Gasteiger partial charge in [-0.25, -0.2) is 0 Å². The first-order valence-corrected chi connectivity index (χ1v) is 6.55. The fourth-order valence-electron chi connectivity index (χ4n) is 2.16. The third kappa shape index (κ3) is 5.80. The molecule has 2 aliphatic heterocycles. The Balaban J connectivity index is 0.000000160. The molecular formula is C12H26N2O2. The molecule has 2 aliphatic rings. The lowest BCUT2D eigenvalue weighted by Crippen LogP contribution is -2.36. The Morgan fingerprint density at radius 3 is 1.38 bits per heavy atom. The molecule has 16 heavy (non-hydrogen) atoms. The van der Waals surface area contributed by atoms with E-state index in [1.165, 1.54) is 25.7 Å². The van der Waals surface area contributed by atoms with E-state index in [0.29, 0.717) is 25.3 Å². The van der Waals surface area contributed by atoms with E-state index in [0.717, 1.165) is 25.9 Å². The largest absolute Gasteiger partial charge is 0.395 e. The molecule has 0 aliphatic carbocycles. The van der Waals surface area contributed by atoms with E-state index in [2.05, 4.69) is 10.6 Å². The molecule has 0 bridgehead atoms. The number of aliphatic hydroxyl groups excluding tert-OH is 2. The van der Waals surface area contributed by atoms with Crippen LogP contribution in [-0.2, 0) is 0 Å². The van der Waals surface area contributed by atoms with Crippen molar-refractivity contribution >= 4 is 0 Å². The number of piperidine rings is 2. The van der Waals surface area contributed by atoms with Crippen molar-refractivity contribution in [2.75, 3.05) is 26.3 Å². The van der Waals surface area contributed by atoms with Gasteiger partial charge in [-0.3, -0.25) is 0 Å². The van der Waals surface area contributed by atoms with E-state index < -0.39 is 0 Å². The second kappa shape index (κ2) is 8.93. The summed E-state index contributed by atoms with van der Waals surface area (Å²) in [5.41, 5.74) is 0. The summed E-state index contributed by atoms with van der Waals surface area (Å²) in [5, 5.41) is 23.7. The predicted octanol–water partition coefficient (Wildman–Crippen LogP) is 0.242. The van der Waals surface area contributed by atoms with E-state index in [-0.39, 0.29) is 0 Å². The van der Waals surface area contributed by atoms with Gasteiger partial charge in [-0.05, 0) is 38.8 Å². The maximum atomic E-state index is 8.63. The average molecular weight is 230 g/mol. The van der Waals surface area contributed by atoms with E-state index in [1.54, 1.807) is 0 Å². The first kappa shape index (κ1) is 13.9. The van der Waals surface area contributed by atoms with Crippen LogP contribution < -0.4 is 10.6 Å². The number of hydrogen-bond acceptors (Lipinski definition) is 4. The topological polar surface area (TPSA) is 64.5 Å². The lowest BCUT2D eigenvalue weighted by molar-refractivity contribution is 0.220.